The van der Waals surface area contributed by atoms with Crippen molar-refractivity contribution in [2.75, 3.05) is 42.3 Å². The molecule has 1 fully saturated rings. The lowest BCUT2D eigenvalue weighted by atomic mass is 9.93. The number of nitrogens with zero attached hydrogens (tertiary/aromatic N) is 4. The quantitative estimate of drug-likeness (QED) is 0.393. The summed E-state index contributed by atoms with van der Waals surface area (Å²) >= 11 is 0. The van der Waals surface area contributed by atoms with E-state index in [9.17, 15) is 22.8 Å². The van der Waals surface area contributed by atoms with E-state index in [0.29, 0.717) is 5.95 Å². The fourth-order valence-corrected chi connectivity index (χ4v) is 3.60. The first-order valence-electron chi connectivity index (χ1n) is 10.7. The highest BCUT2D eigenvalue weighted by atomic mass is 19.4. The summed E-state index contributed by atoms with van der Waals surface area (Å²) in [4.78, 5) is 39.6. The molecular formula is C20H27F3N8O3. The van der Waals surface area contributed by atoms with E-state index in [1.54, 1.807) is 31.5 Å². The predicted octanol–water partition coefficient (Wildman–Crippen LogP) is 1.78. The summed E-state index contributed by atoms with van der Waals surface area (Å²) in [5.41, 5.74) is -0.0147. The maximum absolute atomic E-state index is 13.1. The summed E-state index contributed by atoms with van der Waals surface area (Å²) in [5.74, 6) is 0.508. The third-order valence-corrected chi connectivity index (χ3v) is 5.36. The van der Waals surface area contributed by atoms with Gasteiger partial charge in [0.05, 0.1) is 36.6 Å². The highest BCUT2D eigenvalue weighted by Crippen LogP contribution is 2.31. The van der Waals surface area contributed by atoms with Crippen molar-refractivity contribution in [3.8, 4) is 0 Å². The molecule has 0 unspecified atom stereocenters. The summed E-state index contributed by atoms with van der Waals surface area (Å²) in [6.07, 6.45) is 1.32. The zero-order valence-electron chi connectivity index (χ0n) is 18.8. The van der Waals surface area contributed by atoms with Crippen molar-refractivity contribution in [3.05, 3.63) is 34.5 Å². The molecule has 14 heteroatoms. The first kappa shape index (κ1) is 25.2. The molecule has 1 amide bonds. The van der Waals surface area contributed by atoms with Crippen molar-refractivity contribution in [2.24, 2.45) is 5.92 Å². The highest BCUT2D eigenvalue weighted by Gasteiger charge is 2.37. The fraction of sp³-hybridized carbons (Fsp3) is 0.550. The van der Waals surface area contributed by atoms with Gasteiger partial charge in [0, 0.05) is 32.6 Å². The molecule has 1 atom stereocenters. The zero-order valence-corrected chi connectivity index (χ0v) is 18.8. The second-order valence-corrected chi connectivity index (χ2v) is 8.02. The topological polar surface area (TPSA) is 137 Å². The van der Waals surface area contributed by atoms with Crippen molar-refractivity contribution in [2.45, 2.75) is 38.4 Å². The fourth-order valence-electron chi connectivity index (χ4n) is 3.60. The molecule has 34 heavy (non-hydrogen) atoms. The number of anilines is 3. The van der Waals surface area contributed by atoms with Crippen molar-refractivity contribution in [3.63, 3.8) is 0 Å². The lowest BCUT2D eigenvalue weighted by molar-refractivity contribution is -0.138. The van der Waals surface area contributed by atoms with Crippen LogP contribution < -0.4 is 26.6 Å². The molecule has 2 aromatic heterocycles. The second kappa shape index (κ2) is 11.1. The number of nitrogens with one attached hydrogen (secondary N) is 4. The van der Waals surface area contributed by atoms with E-state index in [2.05, 4.69) is 36.1 Å². The Morgan fingerprint density at radius 3 is 2.56 bits per heavy atom. The van der Waals surface area contributed by atoms with Gasteiger partial charge in [-0.3, -0.25) is 14.4 Å². The minimum absolute atomic E-state index is 0.117. The number of hydroxylamine groups is 1. The van der Waals surface area contributed by atoms with Gasteiger partial charge in [-0.15, -0.1) is 0 Å². The Balaban J connectivity index is 1.39. The van der Waals surface area contributed by atoms with Crippen LogP contribution in [0.15, 0.2) is 23.4 Å². The van der Waals surface area contributed by atoms with Gasteiger partial charge in [-0.1, -0.05) is 0 Å². The third-order valence-electron chi connectivity index (χ3n) is 5.36. The van der Waals surface area contributed by atoms with Gasteiger partial charge >= 0.3 is 6.18 Å². The first-order chi connectivity index (χ1) is 16.2. The van der Waals surface area contributed by atoms with Crippen molar-refractivity contribution in [1.29, 1.82) is 0 Å². The maximum atomic E-state index is 13.1. The van der Waals surface area contributed by atoms with Crippen LogP contribution >= 0.6 is 0 Å². The second-order valence-electron chi connectivity index (χ2n) is 8.02. The van der Waals surface area contributed by atoms with Crippen LogP contribution in [0.1, 0.15) is 31.7 Å². The lowest BCUT2D eigenvalue weighted by Gasteiger charge is -2.31. The minimum atomic E-state index is -4.84. The molecule has 3 rings (SSSR count). The number of halogens is 3. The van der Waals surface area contributed by atoms with Crippen LogP contribution in [0.25, 0.3) is 0 Å². The van der Waals surface area contributed by atoms with E-state index < -0.39 is 29.0 Å². The number of carbonyl (C=O) groups excluding carboxylic acids is 1. The smallest absolute Gasteiger partial charge is 0.386 e. The van der Waals surface area contributed by atoms with E-state index in [-0.39, 0.29) is 24.9 Å². The monoisotopic (exact) mass is 484 g/mol. The van der Waals surface area contributed by atoms with Gasteiger partial charge in [-0.05, 0) is 25.7 Å². The molecule has 0 saturated carbocycles. The lowest BCUT2D eigenvalue weighted by Crippen LogP contribution is -2.37. The van der Waals surface area contributed by atoms with Crippen LogP contribution in [-0.4, -0.2) is 58.9 Å². The van der Waals surface area contributed by atoms with Crippen LogP contribution in [0.3, 0.4) is 0 Å². The van der Waals surface area contributed by atoms with Gasteiger partial charge in [-0.25, -0.2) is 20.5 Å². The Bertz CT molecular complexity index is 1010. The Morgan fingerprint density at radius 1 is 1.26 bits per heavy atom. The zero-order chi connectivity index (χ0) is 24.7. The Morgan fingerprint density at radius 2 is 1.94 bits per heavy atom. The summed E-state index contributed by atoms with van der Waals surface area (Å²) in [6.45, 7) is 2.89. The van der Waals surface area contributed by atoms with Crippen molar-refractivity contribution < 1.29 is 22.8 Å². The average Bonchev–Trinajstić information content (AvgIpc) is 2.79. The van der Waals surface area contributed by atoms with Crippen LogP contribution in [-0.2, 0) is 15.8 Å². The van der Waals surface area contributed by atoms with Gasteiger partial charge in [0.1, 0.15) is 5.56 Å². The van der Waals surface area contributed by atoms with Crippen LogP contribution in [0.4, 0.5) is 30.5 Å². The number of hydrogen-bond acceptors (Lipinski definition) is 9. The molecule has 4 N–H and O–H groups in total. The molecule has 2 aromatic rings. The minimum Gasteiger partial charge on any atom is -0.386 e. The van der Waals surface area contributed by atoms with Gasteiger partial charge in [-0.2, -0.15) is 18.3 Å². The van der Waals surface area contributed by atoms with Crippen molar-refractivity contribution in [1.82, 2.24) is 25.6 Å². The number of rotatable bonds is 9. The molecule has 1 aliphatic rings. The number of hydrogen-bond donors (Lipinski definition) is 4. The van der Waals surface area contributed by atoms with E-state index in [0.717, 1.165) is 37.8 Å². The van der Waals surface area contributed by atoms with Crippen LogP contribution in [0, 0.1) is 5.92 Å². The SMILES string of the molecule is CNc1cnc(N2CCC(CC(=O)NOC[C@H](C)Nc3cn[nH]c(=O)c3C(F)(F)F)CC2)nc1. The highest BCUT2D eigenvalue weighted by molar-refractivity contribution is 5.75. The molecule has 3 heterocycles. The van der Waals surface area contributed by atoms with E-state index in [1.807, 2.05) is 0 Å². The van der Waals surface area contributed by atoms with E-state index >= 15 is 0 Å². The third kappa shape index (κ3) is 6.79. The van der Waals surface area contributed by atoms with Gasteiger partial charge in [0.15, 0.2) is 0 Å². The average molecular weight is 484 g/mol. The Hall–Kier alpha value is -3.42. The standard InChI is InChI=1S/C20H27F3N8O3/c1-12(28-15-10-27-29-18(33)17(15)20(21,22)23)11-34-30-16(32)7-13-3-5-31(6-4-13)19-25-8-14(24-2)9-26-19/h8-10,12-13,24H,3-7,11H2,1-2H3,(H,30,32)(H2,28,29,33)/t12-/m0/s1. The number of alkyl halides is 3. The molecule has 1 saturated heterocycles. The molecule has 186 valence electrons. The molecule has 0 radical (unpaired) electrons. The Labute approximate surface area is 193 Å². The molecule has 1 aliphatic heterocycles. The largest absolute Gasteiger partial charge is 0.423 e. The molecule has 0 bridgehead atoms. The molecule has 0 aromatic carbocycles. The van der Waals surface area contributed by atoms with E-state index in [1.165, 1.54) is 0 Å². The number of aromatic nitrogens is 4. The van der Waals surface area contributed by atoms with Crippen LogP contribution in [0.2, 0.25) is 0 Å². The number of piperidine rings is 1. The summed E-state index contributed by atoms with van der Waals surface area (Å²) < 4.78 is 39.3. The van der Waals surface area contributed by atoms with Crippen LogP contribution in [0.5, 0.6) is 0 Å². The predicted molar refractivity (Wildman–Crippen MR) is 118 cm³/mol. The summed E-state index contributed by atoms with van der Waals surface area (Å²) in [6, 6.07) is -0.637. The normalized spacial score (nSPS) is 15.6. The number of H-pyrrole nitrogens is 1. The first-order valence-corrected chi connectivity index (χ1v) is 10.7. The molecular weight excluding hydrogens is 457 g/mol. The molecule has 11 nitrogen and oxygen atoms in total. The van der Waals surface area contributed by atoms with Gasteiger partial charge in [0.2, 0.25) is 11.9 Å². The van der Waals surface area contributed by atoms with E-state index in [4.69, 9.17) is 4.84 Å². The van der Waals surface area contributed by atoms with Crippen molar-refractivity contribution >= 4 is 23.2 Å². The van der Waals surface area contributed by atoms with Gasteiger partial charge in [0.25, 0.3) is 5.56 Å². The number of carbonyl (C=O) groups is 1. The molecule has 0 spiro atoms. The summed E-state index contributed by atoms with van der Waals surface area (Å²) in [7, 11) is 1.79. The molecule has 0 aliphatic carbocycles. The summed E-state index contributed by atoms with van der Waals surface area (Å²) in [5, 5.41) is 10.7. The Kier molecular flexibility index (Phi) is 8.26. The van der Waals surface area contributed by atoms with Gasteiger partial charge < -0.3 is 15.5 Å². The maximum Gasteiger partial charge on any atom is 0.423 e. The number of amides is 1. The number of aromatic amines is 1.